The third-order valence-electron chi connectivity index (χ3n) is 4.37. The van der Waals surface area contributed by atoms with Crippen LogP contribution in [0.3, 0.4) is 0 Å². The van der Waals surface area contributed by atoms with E-state index in [0.29, 0.717) is 6.04 Å². The largest absolute Gasteiger partial charge is 0.496 e. The molecule has 1 fully saturated rings. The summed E-state index contributed by atoms with van der Waals surface area (Å²) in [5, 5.41) is 0. The molecule has 2 atom stereocenters. The minimum atomic E-state index is 0. The van der Waals surface area contributed by atoms with Crippen molar-refractivity contribution < 1.29 is 4.74 Å². The fourth-order valence-electron chi connectivity index (χ4n) is 3.23. The van der Waals surface area contributed by atoms with Crippen LogP contribution in [-0.4, -0.2) is 35.6 Å². The van der Waals surface area contributed by atoms with Crippen molar-refractivity contribution in [2.45, 2.75) is 58.7 Å². The molecule has 0 saturated carbocycles. The molecule has 1 aliphatic heterocycles. The second-order valence-electron chi connectivity index (χ2n) is 5.94. The Morgan fingerprint density at radius 3 is 2.64 bits per heavy atom. The Hall–Kier alpha value is -0.550. The summed E-state index contributed by atoms with van der Waals surface area (Å²) in [5.74, 6) is 0.962. The number of piperidine rings is 1. The van der Waals surface area contributed by atoms with Crippen molar-refractivity contribution in [3.05, 3.63) is 23.0 Å². The van der Waals surface area contributed by atoms with Crippen LogP contribution in [0.2, 0.25) is 0 Å². The lowest BCUT2D eigenvalue weighted by atomic mass is 9.96. The van der Waals surface area contributed by atoms with E-state index in [0.717, 1.165) is 35.7 Å². The minimum absolute atomic E-state index is 0. The normalized spacial score (nSPS) is 19.8. The molecule has 4 nitrogen and oxygen atoms in total. The summed E-state index contributed by atoms with van der Waals surface area (Å²) in [7, 11) is 1.73. The topological polar surface area (TPSA) is 51.4 Å². The number of methoxy groups -OCH3 is 1. The summed E-state index contributed by atoms with van der Waals surface area (Å²) in [4.78, 5) is 7.10. The van der Waals surface area contributed by atoms with Gasteiger partial charge in [0.05, 0.1) is 12.8 Å². The molecular formula is C16H29Cl2N3O. The SMILES string of the molecule is COc1c(C)cnc(CN2CCCCC2C(C)N)c1C.Cl.Cl. The highest BCUT2D eigenvalue weighted by Gasteiger charge is 2.26. The molecule has 0 bridgehead atoms. The first-order chi connectivity index (χ1) is 9.54. The molecule has 0 aliphatic carbocycles. The molecule has 0 radical (unpaired) electrons. The van der Waals surface area contributed by atoms with Gasteiger partial charge in [-0.1, -0.05) is 6.42 Å². The predicted octanol–water partition coefficient (Wildman–Crippen LogP) is 3.25. The van der Waals surface area contributed by atoms with Crippen LogP contribution >= 0.6 is 24.8 Å². The Bertz CT molecular complexity index is 469. The molecule has 22 heavy (non-hydrogen) atoms. The minimum Gasteiger partial charge on any atom is -0.496 e. The maximum Gasteiger partial charge on any atom is 0.128 e. The van der Waals surface area contributed by atoms with Crippen molar-refractivity contribution in [2.75, 3.05) is 13.7 Å². The number of aryl methyl sites for hydroxylation is 1. The highest BCUT2D eigenvalue weighted by atomic mass is 35.5. The number of hydrogen-bond donors (Lipinski definition) is 1. The standard InChI is InChI=1S/C16H27N3O.2ClH/c1-11-9-18-14(12(2)16(11)20-4)10-19-8-6-5-7-15(19)13(3)17;;/h9,13,15H,5-8,10,17H2,1-4H3;2*1H. The molecule has 2 unspecified atom stereocenters. The van der Waals surface area contributed by atoms with Crippen LogP contribution in [0.4, 0.5) is 0 Å². The molecule has 1 aromatic rings. The number of likely N-dealkylation sites (tertiary alicyclic amines) is 1. The zero-order valence-corrected chi connectivity index (χ0v) is 15.6. The molecule has 2 heterocycles. The van der Waals surface area contributed by atoms with Crippen LogP contribution in [0, 0.1) is 13.8 Å². The number of pyridine rings is 1. The van der Waals surface area contributed by atoms with Gasteiger partial charge < -0.3 is 10.5 Å². The first-order valence-corrected chi connectivity index (χ1v) is 7.53. The van der Waals surface area contributed by atoms with Gasteiger partial charge in [-0.2, -0.15) is 0 Å². The average Bonchev–Trinajstić information content (AvgIpc) is 2.43. The quantitative estimate of drug-likeness (QED) is 0.906. The fourth-order valence-corrected chi connectivity index (χ4v) is 3.23. The number of halogens is 2. The van der Waals surface area contributed by atoms with E-state index in [1.807, 2.05) is 13.1 Å². The molecule has 0 aromatic carbocycles. The lowest BCUT2D eigenvalue weighted by Gasteiger charge is -2.38. The Morgan fingerprint density at radius 2 is 2.05 bits per heavy atom. The summed E-state index contributed by atoms with van der Waals surface area (Å²) in [6.07, 6.45) is 5.64. The maximum atomic E-state index is 6.14. The van der Waals surface area contributed by atoms with Gasteiger partial charge in [-0.15, -0.1) is 24.8 Å². The molecule has 2 N–H and O–H groups in total. The van der Waals surface area contributed by atoms with E-state index in [9.17, 15) is 0 Å². The second kappa shape index (κ2) is 9.56. The highest BCUT2D eigenvalue weighted by molar-refractivity contribution is 5.85. The van der Waals surface area contributed by atoms with Gasteiger partial charge in [-0.25, -0.2) is 0 Å². The average molecular weight is 350 g/mol. The van der Waals surface area contributed by atoms with Gasteiger partial charge in [0.2, 0.25) is 0 Å². The Morgan fingerprint density at radius 1 is 1.36 bits per heavy atom. The van der Waals surface area contributed by atoms with E-state index in [1.165, 1.54) is 19.3 Å². The maximum absolute atomic E-state index is 6.14. The van der Waals surface area contributed by atoms with E-state index < -0.39 is 0 Å². The summed E-state index contributed by atoms with van der Waals surface area (Å²) in [6.45, 7) is 8.23. The number of rotatable bonds is 4. The van der Waals surface area contributed by atoms with E-state index in [1.54, 1.807) is 7.11 Å². The highest BCUT2D eigenvalue weighted by Crippen LogP contribution is 2.27. The van der Waals surface area contributed by atoms with Crippen LogP contribution in [0.25, 0.3) is 0 Å². The first-order valence-electron chi connectivity index (χ1n) is 7.53. The Balaban J connectivity index is 0.00000220. The lowest BCUT2D eigenvalue weighted by Crippen LogP contribution is -2.48. The van der Waals surface area contributed by atoms with Gasteiger partial charge in [0.1, 0.15) is 5.75 Å². The number of ether oxygens (including phenoxy) is 1. The summed E-state index contributed by atoms with van der Waals surface area (Å²) in [6, 6.07) is 0.681. The van der Waals surface area contributed by atoms with Gasteiger partial charge >= 0.3 is 0 Å². The number of nitrogens with two attached hydrogens (primary N) is 1. The van der Waals surface area contributed by atoms with Crippen LogP contribution in [0.1, 0.15) is 43.0 Å². The number of hydrogen-bond acceptors (Lipinski definition) is 4. The third kappa shape index (κ3) is 4.72. The van der Waals surface area contributed by atoms with Crippen molar-refractivity contribution in [3.8, 4) is 5.75 Å². The smallest absolute Gasteiger partial charge is 0.128 e. The van der Waals surface area contributed by atoms with Gasteiger partial charge in [0.15, 0.2) is 0 Å². The second-order valence-corrected chi connectivity index (χ2v) is 5.94. The zero-order valence-electron chi connectivity index (χ0n) is 14.0. The van der Waals surface area contributed by atoms with Crippen molar-refractivity contribution in [2.24, 2.45) is 5.73 Å². The van der Waals surface area contributed by atoms with Crippen LogP contribution < -0.4 is 10.5 Å². The molecule has 1 aliphatic rings. The van der Waals surface area contributed by atoms with Gasteiger partial charge in [0.25, 0.3) is 0 Å². The molecule has 0 spiro atoms. The zero-order chi connectivity index (χ0) is 14.7. The van der Waals surface area contributed by atoms with Gasteiger partial charge in [-0.3, -0.25) is 9.88 Å². The monoisotopic (exact) mass is 349 g/mol. The van der Waals surface area contributed by atoms with Crippen LogP contribution in [0.15, 0.2) is 6.20 Å². The summed E-state index contributed by atoms with van der Waals surface area (Å²) < 4.78 is 5.50. The number of nitrogens with zero attached hydrogens (tertiary/aromatic N) is 2. The van der Waals surface area contributed by atoms with Crippen LogP contribution in [-0.2, 0) is 6.54 Å². The predicted molar refractivity (Wildman–Crippen MR) is 96.5 cm³/mol. The van der Waals surface area contributed by atoms with Crippen molar-refractivity contribution in [3.63, 3.8) is 0 Å². The van der Waals surface area contributed by atoms with Gasteiger partial charge in [-0.05, 0) is 40.2 Å². The summed E-state index contributed by atoms with van der Waals surface area (Å²) >= 11 is 0. The Labute approximate surface area is 146 Å². The van der Waals surface area contributed by atoms with E-state index in [-0.39, 0.29) is 30.9 Å². The van der Waals surface area contributed by atoms with E-state index in [4.69, 9.17) is 10.5 Å². The third-order valence-corrected chi connectivity index (χ3v) is 4.37. The van der Waals surface area contributed by atoms with E-state index in [2.05, 4.69) is 23.7 Å². The molecule has 1 saturated heterocycles. The van der Waals surface area contributed by atoms with Crippen molar-refractivity contribution >= 4 is 24.8 Å². The fraction of sp³-hybridized carbons (Fsp3) is 0.688. The molecule has 128 valence electrons. The van der Waals surface area contributed by atoms with Crippen LogP contribution in [0.5, 0.6) is 5.75 Å². The molecule has 1 aromatic heterocycles. The van der Waals surface area contributed by atoms with Gasteiger partial charge in [0, 0.05) is 36.0 Å². The van der Waals surface area contributed by atoms with Crippen molar-refractivity contribution in [1.29, 1.82) is 0 Å². The van der Waals surface area contributed by atoms with Crippen molar-refractivity contribution in [1.82, 2.24) is 9.88 Å². The number of aromatic nitrogens is 1. The Kier molecular flexibility index (Phi) is 9.32. The molecule has 6 heteroatoms. The lowest BCUT2D eigenvalue weighted by molar-refractivity contribution is 0.121. The molecule has 2 rings (SSSR count). The van der Waals surface area contributed by atoms with E-state index >= 15 is 0 Å². The molecule has 0 amide bonds. The molecular weight excluding hydrogens is 321 g/mol. The summed E-state index contributed by atoms with van der Waals surface area (Å²) in [5.41, 5.74) is 9.50. The first kappa shape index (κ1) is 21.4.